The van der Waals surface area contributed by atoms with Crippen molar-refractivity contribution in [2.24, 2.45) is 4.99 Å². The normalized spacial score (nSPS) is 18.8. The molecule has 2 rings (SSSR count). The number of aromatic hydroxyl groups is 1. The molecule has 0 bridgehead atoms. The largest absolute Gasteiger partial charge is 0.507 e. The monoisotopic (exact) mass is 231 g/mol. The van der Waals surface area contributed by atoms with Crippen LogP contribution in [0.15, 0.2) is 29.3 Å². The third kappa shape index (κ3) is 2.05. The van der Waals surface area contributed by atoms with Crippen LogP contribution in [-0.2, 0) is 6.42 Å². The molecule has 3 nitrogen and oxygen atoms in total. The Kier molecular flexibility index (Phi) is 2.92. The summed E-state index contributed by atoms with van der Waals surface area (Å²) in [4.78, 5) is 4.10. The van der Waals surface area contributed by atoms with Crippen LogP contribution in [0.3, 0.4) is 0 Å². The van der Waals surface area contributed by atoms with Crippen LogP contribution in [0.25, 0.3) is 0 Å². The summed E-state index contributed by atoms with van der Waals surface area (Å²) in [6.45, 7) is 7.74. The molecule has 0 spiro atoms. The van der Waals surface area contributed by atoms with E-state index < -0.39 is 0 Å². The number of phenols is 1. The van der Waals surface area contributed by atoms with Crippen molar-refractivity contribution in [3.63, 3.8) is 0 Å². The molecule has 17 heavy (non-hydrogen) atoms. The second-order valence-electron chi connectivity index (χ2n) is 4.44. The zero-order valence-corrected chi connectivity index (χ0v) is 10.4. The van der Waals surface area contributed by atoms with Gasteiger partial charge in [-0.05, 0) is 31.1 Å². The van der Waals surface area contributed by atoms with E-state index in [1.54, 1.807) is 13.1 Å². The van der Waals surface area contributed by atoms with Gasteiger partial charge in [0.2, 0.25) is 0 Å². The second kappa shape index (κ2) is 4.24. The van der Waals surface area contributed by atoms with E-state index in [2.05, 4.69) is 11.6 Å². The Hall–Kier alpha value is -1.77. The van der Waals surface area contributed by atoms with Crippen molar-refractivity contribution in [1.29, 1.82) is 0 Å². The molecule has 0 radical (unpaired) electrons. The molecule has 0 saturated heterocycles. The average molecular weight is 231 g/mol. The van der Waals surface area contributed by atoms with E-state index in [0.717, 1.165) is 34.6 Å². The highest BCUT2D eigenvalue weighted by molar-refractivity contribution is 6.01. The molecule has 1 unspecified atom stereocenters. The van der Waals surface area contributed by atoms with Gasteiger partial charge in [-0.2, -0.15) is 0 Å². The topological polar surface area (TPSA) is 41.8 Å². The lowest BCUT2D eigenvalue weighted by molar-refractivity contribution is 0.270. The molecule has 1 heterocycles. The average Bonchev–Trinajstić information content (AvgIpc) is 2.69. The summed E-state index contributed by atoms with van der Waals surface area (Å²) >= 11 is 0. The Morgan fingerprint density at radius 1 is 1.47 bits per heavy atom. The van der Waals surface area contributed by atoms with Crippen molar-refractivity contribution < 1.29 is 9.84 Å². The lowest BCUT2D eigenvalue weighted by Gasteiger charge is -2.09. The predicted octanol–water partition coefficient (Wildman–Crippen LogP) is 2.71. The van der Waals surface area contributed by atoms with Gasteiger partial charge in [0, 0.05) is 30.8 Å². The molecule has 1 N–H and O–H groups in total. The fourth-order valence-corrected chi connectivity index (χ4v) is 1.96. The maximum atomic E-state index is 9.92. The van der Waals surface area contributed by atoms with E-state index in [1.165, 1.54) is 0 Å². The molecule has 1 aliphatic heterocycles. The zero-order valence-electron chi connectivity index (χ0n) is 10.4. The van der Waals surface area contributed by atoms with Gasteiger partial charge in [-0.1, -0.05) is 6.58 Å². The van der Waals surface area contributed by atoms with E-state index in [-0.39, 0.29) is 11.9 Å². The summed E-state index contributed by atoms with van der Waals surface area (Å²) < 4.78 is 5.72. The molecule has 1 aromatic rings. The Morgan fingerprint density at radius 2 is 2.18 bits per heavy atom. The Labute approximate surface area is 101 Å². The van der Waals surface area contributed by atoms with Crippen molar-refractivity contribution in [2.45, 2.75) is 26.4 Å². The number of fused-ring (bicyclic) bond motifs is 1. The SMILES string of the molecule is C=C(C)C1Cc2cc(/C(C)=N/C)c(O)cc2O1. The van der Waals surface area contributed by atoms with Crippen LogP contribution >= 0.6 is 0 Å². The highest BCUT2D eigenvalue weighted by atomic mass is 16.5. The summed E-state index contributed by atoms with van der Waals surface area (Å²) in [7, 11) is 1.72. The number of rotatable bonds is 2. The minimum absolute atomic E-state index is 0.0264. The van der Waals surface area contributed by atoms with Crippen LogP contribution in [0.5, 0.6) is 11.5 Å². The molecule has 90 valence electrons. The molecule has 0 aromatic heterocycles. The van der Waals surface area contributed by atoms with E-state index in [1.807, 2.05) is 19.9 Å². The van der Waals surface area contributed by atoms with Gasteiger partial charge in [0.25, 0.3) is 0 Å². The number of benzene rings is 1. The summed E-state index contributed by atoms with van der Waals surface area (Å²) in [6.07, 6.45) is 0.841. The lowest BCUT2D eigenvalue weighted by atomic mass is 10.0. The van der Waals surface area contributed by atoms with Crippen molar-refractivity contribution in [3.8, 4) is 11.5 Å². The number of hydrogen-bond donors (Lipinski definition) is 1. The first-order valence-corrected chi connectivity index (χ1v) is 5.64. The third-order valence-electron chi connectivity index (χ3n) is 3.13. The summed E-state index contributed by atoms with van der Waals surface area (Å²) in [5.74, 6) is 0.970. The molecule has 0 amide bonds. The minimum Gasteiger partial charge on any atom is -0.507 e. The number of ether oxygens (including phenoxy) is 1. The van der Waals surface area contributed by atoms with Crippen molar-refractivity contribution in [2.75, 3.05) is 7.05 Å². The van der Waals surface area contributed by atoms with Crippen LogP contribution in [0.1, 0.15) is 25.0 Å². The molecule has 1 atom stereocenters. The predicted molar refractivity (Wildman–Crippen MR) is 69.2 cm³/mol. The molecule has 1 aliphatic rings. The molecular weight excluding hydrogens is 214 g/mol. The van der Waals surface area contributed by atoms with E-state index in [4.69, 9.17) is 4.74 Å². The molecule has 3 heteroatoms. The number of phenolic OH excluding ortho intramolecular Hbond substituents is 1. The van der Waals surface area contributed by atoms with Gasteiger partial charge in [-0.3, -0.25) is 4.99 Å². The van der Waals surface area contributed by atoms with Crippen LogP contribution in [0, 0.1) is 0 Å². The maximum Gasteiger partial charge on any atom is 0.128 e. The number of hydrogen-bond acceptors (Lipinski definition) is 3. The Bertz CT molecular complexity index is 503. The van der Waals surface area contributed by atoms with E-state index in [9.17, 15) is 5.11 Å². The van der Waals surface area contributed by atoms with Gasteiger partial charge in [0.1, 0.15) is 17.6 Å². The number of nitrogens with zero attached hydrogens (tertiary/aromatic N) is 1. The zero-order chi connectivity index (χ0) is 12.6. The van der Waals surface area contributed by atoms with E-state index in [0.29, 0.717) is 0 Å². The first-order chi connectivity index (χ1) is 8.02. The van der Waals surface area contributed by atoms with Crippen molar-refractivity contribution in [1.82, 2.24) is 0 Å². The van der Waals surface area contributed by atoms with Gasteiger partial charge >= 0.3 is 0 Å². The van der Waals surface area contributed by atoms with Crippen molar-refractivity contribution >= 4 is 5.71 Å². The Balaban J connectivity index is 2.41. The summed E-state index contributed by atoms with van der Waals surface area (Å²) in [6, 6.07) is 3.62. The van der Waals surface area contributed by atoms with Crippen LogP contribution in [0.4, 0.5) is 0 Å². The molecule has 0 saturated carbocycles. The van der Waals surface area contributed by atoms with Crippen LogP contribution in [0.2, 0.25) is 0 Å². The standard InChI is InChI=1S/C14H17NO2/c1-8(2)13-6-10-5-11(9(3)15-4)12(16)7-14(10)17-13/h5,7,13,16H,1,6H2,2-4H3/b15-9+. The van der Waals surface area contributed by atoms with Gasteiger partial charge in [-0.15, -0.1) is 0 Å². The van der Waals surface area contributed by atoms with Crippen molar-refractivity contribution in [3.05, 3.63) is 35.4 Å². The third-order valence-corrected chi connectivity index (χ3v) is 3.13. The molecule has 1 aromatic carbocycles. The first-order valence-electron chi connectivity index (χ1n) is 5.64. The minimum atomic E-state index is 0.0264. The highest BCUT2D eigenvalue weighted by Gasteiger charge is 2.25. The quantitative estimate of drug-likeness (QED) is 0.628. The van der Waals surface area contributed by atoms with Gasteiger partial charge in [0.05, 0.1) is 0 Å². The number of aliphatic imine (C=N–C) groups is 1. The summed E-state index contributed by atoms with van der Waals surface area (Å²) in [5.41, 5.74) is 3.71. The maximum absolute atomic E-state index is 9.92. The van der Waals surface area contributed by atoms with Gasteiger partial charge < -0.3 is 9.84 Å². The summed E-state index contributed by atoms with van der Waals surface area (Å²) in [5, 5.41) is 9.92. The smallest absolute Gasteiger partial charge is 0.128 e. The molecular formula is C14H17NO2. The Morgan fingerprint density at radius 3 is 2.76 bits per heavy atom. The second-order valence-corrected chi connectivity index (χ2v) is 4.44. The fourth-order valence-electron chi connectivity index (χ4n) is 1.96. The lowest BCUT2D eigenvalue weighted by Crippen LogP contribution is -2.13. The van der Waals surface area contributed by atoms with Crippen LogP contribution < -0.4 is 4.74 Å². The highest BCUT2D eigenvalue weighted by Crippen LogP contribution is 2.36. The van der Waals surface area contributed by atoms with Gasteiger partial charge in [0.15, 0.2) is 0 Å². The fraction of sp³-hybridized carbons (Fsp3) is 0.357. The first kappa shape index (κ1) is 11.7. The van der Waals surface area contributed by atoms with Crippen LogP contribution in [-0.4, -0.2) is 24.0 Å². The van der Waals surface area contributed by atoms with Gasteiger partial charge in [-0.25, -0.2) is 0 Å². The van der Waals surface area contributed by atoms with E-state index >= 15 is 0 Å². The molecule has 0 aliphatic carbocycles. The molecule has 0 fully saturated rings.